The monoisotopic (exact) mass is 402 g/mol. The summed E-state index contributed by atoms with van der Waals surface area (Å²) in [6.07, 6.45) is 0. The summed E-state index contributed by atoms with van der Waals surface area (Å²) in [6.45, 7) is 2.49. The molecule has 1 amide bonds. The topological polar surface area (TPSA) is 78.7 Å². The van der Waals surface area contributed by atoms with E-state index in [0.29, 0.717) is 37.4 Å². The molecule has 1 N–H and O–H groups in total. The second-order valence-corrected chi connectivity index (χ2v) is 7.09. The fourth-order valence-corrected chi connectivity index (χ4v) is 3.60. The van der Waals surface area contributed by atoms with Crippen LogP contribution in [0.15, 0.2) is 78.9 Å². The number of carbonyl (C=O) groups excluding carboxylic acids is 1. The van der Waals surface area contributed by atoms with Crippen LogP contribution in [0.1, 0.15) is 10.4 Å². The number of benzene rings is 3. The summed E-state index contributed by atoms with van der Waals surface area (Å²) in [5, 5.41) is 14.6. The molecule has 3 aromatic rings. The smallest absolute Gasteiger partial charge is 0.271 e. The van der Waals surface area contributed by atoms with Crippen molar-refractivity contribution >= 4 is 28.7 Å². The van der Waals surface area contributed by atoms with E-state index in [2.05, 4.69) is 10.2 Å². The van der Waals surface area contributed by atoms with Crippen molar-refractivity contribution in [3.63, 3.8) is 0 Å². The van der Waals surface area contributed by atoms with Gasteiger partial charge in [0.2, 0.25) is 0 Å². The lowest BCUT2D eigenvalue weighted by Crippen LogP contribution is -2.48. The van der Waals surface area contributed by atoms with E-state index in [4.69, 9.17) is 0 Å². The van der Waals surface area contributed by atoms with Crippen molar-refractivity contribution in [2.24, 2.45) is 0 Å². The zero-order valence-corrected chi connectivity index (χ0v) is 16.4. The van der Waals surface area contributed by atoms with Gasteiger partial charge in [-0.15, -0.1) is 0 Å². The number of nitrogens with zero attached hydrogens (tertiary/aromatic N) is 3. The Kier molecular flexibility index (Phi) is 5.61. The molecule has 1 saturated heterocycles. The fraction of sp³-hybridized carbons (Fsp3) is 0.174. The third kappa shape index (κ3) is 4.25. The van der Waals surface area contributed by atoms with Crippen molar-refractivity contribution in [2.75, 3.05) is 36.4 Å². The molecule has 30 heavy (non-hydrogen) atoms. The first-order chi connectivity index (χ1) is 14.6. The highest BCUT2D eigenvalue weighted by atomic mass is 16.6. The number of piperazine rings is 1. The van der Waals surface area contributed by atoms with Crippen molar-refractivity contribution < 1.29 is 9.72 Å². The number of para-hydroxylation sites is 1. The molecule has 1 heterocycles. The van der Waals surface area contributed by atoms with Crippen LogP contribution < -0.4 is 10.2 Å². The van der Waals surface area contributed by atoms with Gasteiger partial charge in [0, 0.05) is 49.6 Å². The maximum atomic E-state index is 12.7. The SMILES string of the molecule is O=C(c1ccccc1)N1CCN(c2ccc([N+](=O)[O-])cc2Nc2ccccc2)CC1. The molecule has 0 aliphatic carbocycles. The Labute approximate surface area is 174 Å². The summed E-state index contributed by atoms with van der Waals surface area (Å²) in [4.78, 5) is 27.6. The summed E-state index contributed by atoms with van der Waals surface area (Å²) in [5.74, 6) is 0.0292. The summed E-state index contributed by atoms with van der Waals surface area (Å²) >= 11 is 0. The van der Waals surface area contributed by atoms with Gasteiger partial charge in [0.05, 0.1) is 16.3 Å². The molecule has 0 spiro atoms. The number of anilines is 3. The minimum Gasteiger partial charge on any atom is -0.366 e. The molecule has 0 radical (unpaired) electrons. The molecule has 7 heteroatoms. The minimum atomic E-state index is -0.392. The van der Waals surface area contributed by atoms with Crippen LogP contribution in [0.2, 0.25) is 0 Å². The Balaban J connectivity index is 1.52. The number of nitro benzene ring substituents is 1. The van der Waals surface area contributed by atoms with Crippen LogP contribution in [0.3, 0.4) is 0 Å². The molecule has 1 aliphatic rings. The predicted molar refractivity (Wildman–Crippen MR) is 117 cm³/mol. The number of non-ortho nitro benzene ring substituents is 1. The first-order valence-corrected chi connectivity index (χ1v) is 9.81. The van der Waals surface area contributed by atoms with Gasteiger partial charge in [0.15, 0.2) is 0 Å². The van der Waals surface area contributed by atoms with E-state index < -0.39 is 4.92 Å². The van der Waals surface area contributed by atoms with Crippen LogP contribution in [0.4, 0.5) is 22.7 Å². The molecule has 1 aliphatic heterocycles. The lowest BCUT2D eigenvalue weighted by molar-refractivity contribution is -0.384. The zero-order chi connectivity index (χ0) is 20.9. The number of carbonyl (C=O) groups is 1. The van der Waals surface area contributed by atoms with Gasteiger partial charge < -0.3 is 15.1 Å². The van der Waals surface area contributed by atoms with E-state index in [1.54, 1.807) is 12.1 Å². The quantitative estimate of drug-likeness (QED) is 0.508. The summed E-state index contributed by atoms with van der Waals surface area (Å²) < 4.78 is 0. The summed E-state index contributed by atoms with van der Waals surface area (Å²) in [5.41, 5.74) is 3.15. The normalized spacial score (nSPS) is 13.7. The van der Waals surface area contributed by atoms with E-state index in [1.807, 2.05) is 65.6 Å². The van der Waals surface area contributed by atoms with Crippen molar-refractivity contribution in [3.8, 4) is 0 Å². The third-order valence-electron chi connectivity index (χ3n) is 5.17. The Morgan fingerprint density at radius 2 is 1.50 bits per heavy atom. The lowest BCUT2D eigenvalue weighted by atomic mass is 10.1. The number of hydrogen-bond donors (Lipinski definition) is 1. The molecule has 0 aromatic heterocycles. The van der Waals surface area contributed by atoms with Crippen LogP contribution in [0.25, 0.3) is 0 Å². The van der Waals surface area contributed by atoms with Gasteiger partial charge in [-0.1, -0.05) is 36.4 Å². The predicted octanol–water partition coefficient (Wildman–Crippen LogP) is 4.30. The molecule has 0 atom stereocenters. The third-order valence-corrected chi connectivity index (χ3v) is 5.17. The van der Waals surface area contributed by atoms with Gasteiger partial charge in [0.1, 0.15) is 0 Å². The molecular formula is C23H22N4O3. The van der Waals surface area contributed by atoms with Gasteiger partial charge in [-0.2, -0.15) is 0 Å². The Morgan fingerprint density at radius 1 is 0.867 bits per heavy atom. The summed E-state index contributed by atoms with van der Waals surface area (Å²) in [6, 6.07) is 23.7. The highest BCUT2D eigenvalue weighted by Crippen LogP contribution is 2.33. The molecule has 3 aromatic carbocycles. The van der Waals surface area contributed by atoms with Crippen LogP contribution in [-0.4, -0.2) is 41.9 Å². The van der Waals surface area contributed by atoms with Crippen molar-refractivity contribution in [2.45, 2.75) is 0 Å². The van der Waals surface area contributed by atoms with Crippen LogP contribution >= 0.6 is 0 Å². The average Bonchev–Trinajstić information content (AvgIpc) is 2.80. The number of rotatable bonds is 5. The minimum absolute atomic E-state index is 0.0292. The number of hydrogen-bond acceptors (Lipinski definition) is 5. The molecule has 152 valence electrons. The second kappa shape index (κ2) is 8.65. The maximum Gasteiger partial charge on any atom is 0.271 e. The molecule has 7 nitrogen and oxygen atoms in total. The summed E-state index contributed by atoms with van der Waals surface area (Å²) in [7, 11) is 0. The van der Waals surface area contributed by atoms with E-state index in [-0.39, 0.29) is 11.6 Å². The molecule has 0 saturated carbocycles. The van der Waals surface area contributed by atoms with Crippen molar-refractivity contribution in [1.82, 2.24) is 4.90 Å². The molecule has 0 unspecified atom stereocenters. The highest BCUT2D eigenvalue weighted by molar-refractivity contribution is 5.94. The number of nitrogens with one attached hydrogen (secondary N) is 1. The van der Waals surface area contributed by atoms with Gasteiger partial charge in [0.25, 0.3) is 11.6 Å². The highest BCUT2D eigenvalue weighted by Gasteiger charge is 2.24. The first-order valence-electron chi connectivity index (χ1n) is 9.81. The van der Waals surface area contributed by atoms with Crippen molar-refractivity contribution in [1.29, 1.82) is 0 Å². The maximum absolute atomic E-state index is 12.7. The van der Waals surface area contributed by atoms with E-state index in [0.717, 1.165) is 11.4 Å². The van der Waals surface area contributed by atoms with Gasteiger partial charge in [-0.05, 0) is 30.3 Å². The molecule has 0 bridgehead atoms. The van der Waals surface area contributed by atoms with E-state index in [9.17, 15) is 14.9 Å². The second-order valence-electron chi connectivity index (χ2n) is 7.09. The first kappa shape index (κ1) is 19.4. The van der Waals surface area contributed by atoms with Gasteiger partial charge in [-0.25, -0.2) is 0 Å². The Bertz CT molecular complexity index is 1030. The zero-order valence-electron chi connectivity index (χ0n) is 16.4. The van der Waals surface area contributed by atoms with Crippen LogP contribution in [0, 0.1) is 10.1 Å². The largest absolute Gasteiger partial charge is 0.366 e. The number of nitro groups is 1. The number of amides is 1. The average molecular weight is 402 g/mol. The van der Waals surface area contributed by atoms with Crippen LogP contribution in [0.5, 0.6) is 0 Å². The van der Waals surface area contributed by atoms with Crippen molar-refractivity contribution in [3.05, 3.63) is 94.5 Å². The standard InChI is InChI=1S/C23H22N4O3/c28-23(18-7-3-1-4-8-18)26-15-13-25(14-16-26)22-12-11-20(27(29)30)17-21(22)24-19-9-5-2-6-10-19/h1-12,17,24H,13-16H2. The van der Waals surface area contributed by atoms with Gasteiger partial charge in [-0.3, -0.25) is 14.9 Å². The Morgan fingerprint density at radius 3 is 2.13 bits per heavy atom. The lowest BCUT2D eigenvalue weighted by Gasteiger charge is -2.37. The van der Waals surface area contributed by atoms with Gasteiger partial charge >= 0.3 is 0 Å². The van der Waals surface area contributed by atoms with E-state index in [1.165, 1.54) is 6.07 Å². The van der Waals surface area contributed by atoms with Crippen LogP contribution in [-0.2, 0) is 0 Å². The Hall–Kier alpha value is -3.87. The fourth-order valence-electron chi connectivity index (χ4n) is 3.60. The molecule has 4 rings (SSSR count). The van der Waals surface area contributed by atoms with E-state index >= 15 is 0 Å². The molecular weight excluding hydrogens is 380 g/mol. The molecule has 1 fully saturated rings.